The number of halogens is 1. The number of aliphatic imine (C=N–C) groups is 1. The number of hydrogen-bond donors (Lipinski definition) is 1. The highest BCUT2D eigenvalue weighted by Crippen LogP contribution is 2.05. The minimum absolute atomic E-state index is 0.236. The standard InChI is InChI=1S/C7H11BrN2O2/c1-3-12-7(11)5(4-9)6(8)10-2/h4H,3,9H2,1-2H3/b5-4+,10-6?. The van der Waals surface area contributed by atoms with Crippen molar-refractivity contribution in [3.8, 4) is 0 Å². The van der Waals surface area contributed by atoms with Gasteiger partial charge in [0.2, 0.25) is 0 Å². The smallest absolute Gasteiger partial charge is 0.342 e. The lowest BCUT2D eigenvalue weighted by molar-refractivity contribution is -0.137. The van der Waals surface area contributed by atoms with Gasteiger partial charge < -0.3 is 10.5 Å². The fourth-order valence-corrected chi connectivity index (χ4v) is 0.844. The summed E-state index contributed by atoms with van der Waals surface area (Å²) in [6.07, 6.45) is 1.16. The first-order chi connectivity index (χ1) is 5.67. The maximum atomic E-state index is 11.1. The van der Waals surface area contributed by atoms with Gasteiger partial charge in [0.15, 0.2) is 0 Å². The highest BCUT2D eigenvalue weighted by molar-refractivity contribution is 9.18. The molecule has 0 heterocycles. The number of carbonyl (C=O) groups is 1. The van der Waals surface area contributed by atoms with E-state index in [0.717, 1.165) is 6.20 Å². The zero-order valence-electron chi connectivity index (χ0n) is 7.00. The Morgan fingerprint density at radius 2 is 2.33 bits per heavy atom. The molecule has 0 bridgehead atoms. The number of nitrogens with two attached hydrogens (primary N) is 1. The molecule has 2 N–H and O–H groups in total. The molecular formula is C7H11BrN2O2. The zero-order chi connectivity index (χ0) is 9.56. The van der Waals surface area contributed by atoms with Crippen LogP contribution in [0.4, 0.5) is 0 Å². The average Bonchev–Trinajstić information content (AvgIpc) is 2.06. The molecule has 0 saturated heterocycles. The van der Waals surface area contributed by atoms with E-state index in [1.54, 1.807) is 14.0 Å². The van der Waals surface area contributed by atoms with E-state index in [9.17, 15) is 4.79 Å². The molecule has 0 fully saturated rings. The molecule has 0 saturated carbocycles. The van der Waals surface area contributed by atoms with Crippen molar-refractivity contribution in [1.82, 2.24) is 0 Å². The number of rotatable bonds is 3. The molecule has 0 aliphatic carbocycles. The number of esters is 1. The lowest BCUT2D eigenvalue weighted by Gasteiger charge is -2.02. The van der Waals surface area contributed by atoms with E-state index in [-0.39, 0.29) is 5.57 Å². The van der Waals surface area contributed by atoms with Crippen LogP contribution < -0.4 is 5.73 Å². The minimum Gasteiger partial charge on any atom is -0.462 e. The molecule has 0 aromatic rings. The van der Waals surface area contributed by atoms with Crippen molar-refractivity contribution in [2.75, 3.05) is 13.7 Å². The lowest BCUT2D eigenvalue weighted by Crippen LogP contribution is -2.13. The summed E-state index contributed by atoms with van der Waals surface area (Å²) in [6.45, 7) is 2.04. The zero-order valence-corrected chi connectivity index (χ0v) is 8.59. The predicted molar refractivity (Wildman–Crippen MR) is 51.2 cm³/mol. The first kappa shape index (κ1) is 11.2. The molecule has 0 amide bonds. The largest absolute Gasteiger partial charge is 0.462 e. The summed E-state index contributed by atoms with van der Waals surface area (Å²) in [6, 6.07) is 0. The molecule has 0 radical (unpaired) electrons. The van der Waals surface area contributed by atoms with Gasteiger partial charge in [-0.2, -0.15) is 0 Å². The van der Waals surface area contributed by atoms with Gasteiger partial charge in [-0.3, -0.25) is 4.99 Å². The second-order valence-electron chi connectivity index (χ2n) is 1.82. The summed E-state index contributed by atoms with van der Waals surface area (Å²) in [5.41, 5.74) is 5.44. The molecule has 0 rings (SSSR count). The first-order valence-electron chi connectivity index (χ1n) is 3.39. The molecule has 0 aliphatic rings. The Morgan fingerprint density at radius 1 is 1.75 bits per heavy atom. The quantitative estimate of drug-likeness (QED) is 0.447. The van der Waals surface area contributed by atoms with Crippen LogP contribution in [0.15, 0.2) is 16.8 Å². The monoisotopic (exact) mass is 234 g/mol. The van der Waals surface area contributed by atoms with Gasteiger partial charge in [0.05, 0.1) is 6.61 Å². The van der Waals surface area contributed by atoms with Crippen LogP contribution in [-0.2, 0) is 9.53 Å². The van der Waals surface area contributed by atoms with Crippen molar-refractivity contribution >= 4 is 26.5 Å². The summed E-state index contributed by atoms with van der Waals surface area (Å²) >= 11 is 3.07. The van der Waals surface area contributed by atoms with Gasteiger partial charge in [-0.25, -0.2) is 4.79 Å². The Labute approximate surface area is 79.6 Å². The fourth-order valence-electron chi connectivity index (χ4n) is 0.550. The van der Waals surface area contributed by atoms with Gasteiger partial charge in [0.1, 0.15) is 10.2 Å². The van der Waals surface area contributed by atoms with Crippen LogP contribution in [0.5, 0.6) is 0 Å². The van der Waals surface area contributed by atoms with E-state index in [4.69, 9.17) is 10.5 Å². The summed E-state index contributed by atoms with van der Waals surface area (Å²) in [5.74, 6) is -0.475. The van der Waals surface area contributed by atoms with E-state index in [1.165, 1.54) is 0 Å². The average molecular weight is 235 g/mol. The highest BCUT2D eigenvalue weighted by Gasteiger charge is 2.13. The van der Waals surface area contributed by atoms with Gasteiger partial charge in [-0.1, -0.05) is 0 Å². The van der Waals surface area contributed by atoms with Gasteiger partial charge in [-0.15, -0.1) is 0 Å². The van der Waals surface area contributed by atoms with Crippen LogP contribution in [0.3, 0.4) is 0 Å². The van der Waals surface area contributed by atoms with Gasteiger partial charge in [0.25, 0.3) is 0 Å². The maximum Gasteiger partial charge on any atom is 0.342 e. The molecular weight excluding hydrogens is 224 g/mol. The van der Waals surface area contributed by atoms with Crippen LogP contribution in [0.1, 0.15) is 6.92 Å². The number of nitrogens with zero attached hydrogens (tertiary/aromatic N) is 1. The third-order valence-corrected chi connectivity index (χ3v) is 1.86. The third kappa shape index (κ3) is 3.04. The summed E-state index contributed by atoms with van der Waals surface area (Å²) in [4.78, 5) is 14.8. The van der Waals surface area contributed by atoms with Crippen LogP contribution in [0.2, 0.25) is 0 Å². The van der Waals surface area contributed by atoms with Crippen molar-refractivity contribution in [2.24, 2.45) is 10.7 Å². The van der Waals surface area contributed by atoms with E-state index in [2.05, 4.69) is 20.9 Å². The first-order valence-corrected chi connectivity index (χ1v) is 4.18. The van der Waals surface area contributed by atoms with Crippen LogP contribution in [0.25, 0.3) is 0 Å². The lowest BCUT2D eigenvalue weighted by atomic mass is 10.3. The van der Waals surface area contributed by atoms with Crippen molar-refractivity contribution in [1.29, 1.82) is 0 Å². The Morgan fingerprint density at radius 3 is 2.67 bits per heavy atom. The van der Waals surface area contributed by atoms with E-state index >= 15 is 0 Å². The predicted octanol–water partition coefficient (Wildman–Crippen LogP) is 0.815. The topological polar surface area (TPSA) is 64.7 Å². The summed E-state index contributed by atoms with van der Waals surface area (Å²) in [5, 5.41) is 0. The Hall–Kier alpha value is -0.840. The summed E-state index contributed by atoms with van der Waals surface area (Å²) in [7, 11) is 1.55. The highest BCUT2D eigenvalue weighted by atomic mass is 79.9. The van der Waals surface area contributed by atoms with Crippen molar-refractivity contribution in [2.45, 2.75) is 6.92 Å². The van der Waals surface area contributed by atoms with Crippen molar-refractivity contribution in [3.05, 3.63) is 11.8 Å². The van der Waals surface area contributed by atoms with Gasteiger partial charge in [-0.05, 0) is 22.9 Å². The van der Waals surface area contributed by atoms with Gasteiger partial charge in [0, 0.05) is 13.2 Å². The molecule has 0 aromatic carbocycles. The molecule has 0 unspecified atom stereocenters. The second kappa shape index (κ2) is 5.77. The normalized spacial score (nSPS) is 12.9. The maximum absolute atomic E-state index is 11.1. The number of carbonyl (C=O) groups excluding carboxylic acids is 1. The fraction of sp³-hybridized carbons (Fsp3) is 0.429. The molecule has 0 aromatic heterocycles. The van der Waals surface area contributed by atoms with Crippen LogP contribution >= 0.6 is 15.9 Å². The van der Waals surface area contributed by atoms with Crippen LogP contribution in [-0.4, -0.2) is 24.2 Å². The number of ether oxygens (including phenoxy) is 1. The van der Waals surface area contributed by atoms with Crippen LogP contribution in [0, 0.1) is 0 Å². The molecule has 5 heteroatoms. The number of hydrogen-bond acceptors (Lipinski definition) is 4. The Balaban J connectivity index is 4.48. The molecule has 0 spiro atoms. The second-order valence-corrected chi connectivity index (χ2v) is 2.57. The van der Waals surface area contributed by atoms with Crippen molar-refractivity contribution < 1.29 is 9.53 Å². The van der Waals surface area contributed by atoms with E-state index in [1.807, 2.05) is 0 Å². The molecule has 68 valence electrons. The Kier molecular flexibility index (Phi) is 5.36. The molecule has 0 aliphatic heterocycles. The third-order valence-electron chi connectivity index (χ3n) is 1.08. The van der Waals surface area contributed by atoms with E-state index in [0.29, 0.717) is 11.2 Å². The SMILES string of the molecule is CCOC(=O)/C(=C/N)C(Br)=NC. The Bertz CT molecular complexity index is 223. The van der Waals surface area contributed by atoms with Gasteiger partial charge >= 0.3 is 5.97 Å². The van der Waals surface area contributed by atoms with E-state index < -0.39 is 5.97 Å². The molecule has 4 nitrogen and oxygen atoms in total. The minimum atomic E-state index is -0.475. The molecule has 0 atom stereocenters. The summed E-state index contributed by atoms with van der Waals surface area (Å²) < 4.78 is 5.11. The van der Waals surface area contributed by atoms with Crippen molar-refractivity contribution in [3.63, 3.8) is 0 Å². The molecule has 12 heavy (non-hydrogen) atoms.